The fourth-order valence-corrected chi connectivity index (χ4v) is 5.57. The normalized spacial score (nSPS) is 17.4. The Balaban J connectivity index is 1.24. The molecule has 1 spiro atoms. The zero-order valence-corrected chi connectivity index (χ0v) is 22.1. The number of carbonyl (C=O) groups is 2. The van der Waals surface area contributed by atoms with Crippen molar-refractivity contribution in [2.75, 3.05) is 26.2 Å². The molecule has 0 atom stereocenters. The van der Waals surface area contributed by atoms with E-state index in [-0.39, 0.29) is 17.4 Å². The van der Waals surface area contributed by atoms with Crippen LogP contribution in [0.15, 0.2) is 48.7 Å². The molecule has 0 unspecified atom stereocenters. The number of pyridine rings is 1. The summed E-state index contributed by atoms with van der Waals surface area (Å²) in [7, 11) is 0. The van der Waals surface area contributed by atoms with E-state index in [1.54, 1.807) is 40.3 Å². The van der Waals surface area contributed by atoms with Crippen LogP contribution in [-0.4, -0.2) is 58.6 Å². The number of ether oxygens (including phenoxy) is 1. The molecule has 0 saturated carbocycles. The van der Waals surface area contributed by atoms with Gasteiger partial charge in [0.15, 0.2) is 0 Å². The van der Waals surface area contributed by atoms with Gasteiger partial charge < -0.3 is 14.5 Å². The van der Waals surface area contributed by atoms with Crippen LogP contribution >= 0.6 is 11.6 Å². The van der Waals surface area contributed by atoms with Crippen LogP contribution < -0.4 is 0 Å². The lowest BCUT2D eigenvalue weighted by Crippen LogP contribution is -2.45. The molecule has 1 aromatic heterocycles. The molecule has 5 rings (SSSR count). The summed E-state index contributed by atoms with van der Waals surface area (Å²) < 4.78 is 20.7. The first kappa shape index (κ1) is 25.5. The average molecular weight is 524 g/mol. The van der Waals surface area contributed by atoms with Gasteiger partial charge >= 0.3 is 6.09 Å². The predicted octanol–water partition coefficient (Wildman–Crippen LogP) is 6.56. The van der Waals surface area contributed by atoms with E-state index in [1.165, 1.54) is 6.07 Å². The number of aromatic nitrogens is 1. The maximum absolute atomic E-state index is 15.2. The van der Waals surface area contributed by atoms with Crippen molar-refractivity contribution in [2.45, 2.75) is 45.6 Å². The number of piperidine rings is 1. The largest absolute Gasteiger partial charge is 0.444 e. The van der Waals surface area contributed by atoms with Crippen molar-refractivity contribution >= 4 is 34.5 Å². The Hall–Kier alpha value is -3.19. The molecular weight excluding hydrogens is 493 g/mol. The minimum atomic E-state index is -0.521. The maximum atomic E-state index is 15.2. The molecule has 8 heteroatoms. The second-order valence-electron chi connectivity index (χ2n) is 11.2. The quantitative estimate of drug-likeness (QED) is 0.382. The number of benzene rings is 2. The Kier molecular flexibility index (Phi) is 6.61. The number of hydrogen-bond acceptors (Lipinski definition) is 4. The van der Waals surface area contributed by atoms with E-state index in [1.807, 2.05) is 32.9 Å². The Morgan fingerprint density at radius 2 is 1.70 bits per heavy atom. The summed E-state index contributed by atoms with van der Waals surface area (Å²) in [4.78, 5) is 33.6. The second kappa shape index (κ2) is 9.60. The molecule has 2 fully saturated rings. The summed E-state index contributed by atoms with van der Waals surface area (Å²) in [6.45, 7) is 8.09. The summed E-state index contributed by atoms with van der Waals surface area (Å²) in [6, 6.07) is 11.8. The first-order valence-electron chi connectivity index (χ1n) is 12.7. The van der Waals surface area contributed by atoms with Crippen molar-refractivity contribution in [3.63, 3.8) is 0 Å². The maximum Gasteiger partial charge on any atom is 0.410 e. The van der Waals surface area contributed by atoms with E-state index in [0.29, 0.717) is 53.4 Å². The SMILES string of the molecule is CC(C)(C)OC(=O)N1CCC2(CCN(C(=O)c3ccc(-c4ccc5c(Cl)ccnc5c4)c(F)c3)CC2)C1. The van der Waals surface area contributed by atoms with Crippen molar-refractivity contribution < 1.29 is 18.7 Å². The average Bonchev–Trinajstić information content (AvgIpc) is 3.27. The third-order valence-electron chi connectivity index (χ3n) is 7.42. The fourth-order valence-electron chi connectivity index (χ4n) is 5.36. The Labute approximate surface area is 221 Å². The van der Waals surface area contributed by atoms with Gasteiger partial charge in [-0.25, -0.2) is 9.18 Å². The van der Waals surface area contributed by atoms with Gasteiger partial charge in [-0.3, -0.25) is 9.78 Å². The van der Waals surface area contributed by atoms with Crippen molar-refractivity contribution in [3.05, 3.63) is 65.1 Å². The number of halogens is 2. The summed E-state index contributed by atoms with van der Waals surface area (Å²) in [5.41, 5.74) is 1.59. The van der Waals surface area contributed by atoms with Crippen LogP contribution in [0, 0.1) is 11.2 Å². The second-order valence-corrected chi connectivity index (χ2v) is 11.6. The summed E-state index contributed by atoms with van der Waals surface area (Å²) >= 11 is 6.22. The molecule has 0 aliphatic carbocycles. The monoisotopic (exact) mass is 523 g/mol. The summed E-state index contributed by atoms with van der Waals surface area (Å²) in [5, 5.41) is 1.40. The van der Waals surface area contributed by atoms with Crippen molar-refractivity contribution in [2.24, 2.45) is 5.41 Å². The van der Waals surface area contributed by atoms with Crippen LogP contribution in [0.5, 0.6) is 0 Å². The Morgan fingerprint density at radius 3 is 2.38 bits per heavy atom. The van der Waals surface area contributed by atoms with Crippen LogP contribution in [0.2, 0.25) is 5.02 Å². The number of amides is 2. The van der Waals surface area contributed by atoms with E-state index in [9.17, 15) is 9.59 Å². The van der Waals surface area contributed by atoms with Gasteiger partial charge in [0.1, 0.15) is 11.4 Å². The number of rotatable bonds is 2. The number of likely N-dealkylation sites (tertiary alicyclic amines) is 2. The standard InChI is InChI=1S/C29H31ClFN3O3/c1-28(2,3)37-27(36)34-15-11-29(18-34)9-13-33(14-10-29)26(35)20-5-6-21(24(31)16-20)19-4-7-22-23(30)8-12-32-25(22)17-19/h4-8,12,16-17H,9-11,13-15,18H2,1-3H3. The highest BCUT2D eigenvalue weighted by Gasteiger charge is 2.43. The van der Waals surface area contributed by atoms with Gasteiger partial charge in [-0.05, 0) is 75.3 Å². The van der Waals surface area contributed by atoms with Crippen LogP contribution in [0.3, 0.4) is 0 Å². The molecule has 0 radical (unpaired) electrons. The third-order valence-corrected chi connectivity index (χ3v) is 7.75. The molecule has 3 heterocycles. The molecule has 2 aliphatic heterocycles. The number of hydrogen-bond donors (Lipinski definition) is 0. The van der Waals surface area contributed by atoms with Gasteiger partial charge in [0.05, 0.1) is 10.5 Å². The van der Waals surface area contributed by atoms with Crippen LogP contribution in [-0.2, 0) is 4.74 Å². The number of carbonyl (C=O) groups excluding carboxylic acids is 2. The lowest BCUT2D eigenvalue weighted by Gasteiger charge is -2.39. The lowest BCUT2D eigenvalue weighted by molar-refractivity contribution is 0.0242. The Bertz CT molecular complexity index is 1360. The minimum absolute atomic E-state index is 0.00973. The van der Waals surface area contributed by atoms with E-state index in [4.69, 9.17) is 16.3 Å². The smallest absolute Gasteiger partial charge is 0.410 e. The van der Waals surface area contributed by atoms with E-state index in [0.717, 1.165) is 24.6 Å². The highest BCUT2D eigenvalue weighted by Crippen LogP contribution is 2.41. The lowest BCUT2D eigenvalue weighted by atomic mass is 9.77. The summed E-state index contributed by atoms with van der Waals surface area (Å²) in [5.74, 6) is -0.626. The zero-order valence-electron chi connectivity index (χ0n) is 21.4. The first-order chi connectivity index (χ1) is 17.5. The van der Waals surface area contributed by atoms with Crippen molar-refractivity contribution in [1.82, 2.24) is 14.8 Å². The molecule has 2 saturated heterocycles. The van der Waals surface area contributed by atoms with Gasteiger partial charge in [0.2, 0.25) is 0 Å². The highest BCUT2D eigenvalue weighted by molar-refractivity contribution is 6.35. The molecule has 0 N–H and O–H groups in total. The topological polar surface area (TPSA) is 62.7 Å². The van der Waals surface area contributed by atoms with Gasteiger partial charge in [-0.1, -0.05) is 29.8 Å². The molecule has 2 amide bonds. The number of fused-ring (bicyclic) bond motifs is 1. The van der Waals surface area contributed by atoms with E-state index in [2.05, 4.69) is 4.98 Å². The Morgan fingerprint density at radius 1 is 1.00 bits per heavy atom. The van der Waals surface area contributed by atoms with E-state index < -0.39 is 11.4 Å². The molecule has 2 aromatic carbocycles. The fraction of sp³-hybridized carbons (Fsp3) is 0.414. The third kappa shape index (κ3) is 5.28. The van der Waals surface area contributed by atoms with Crippen LogP contribution in [0.4, 0.5) is 9.18 Å². The van der Waals surface area contributed by atoms with Gasteiger partial charge in [-0.15, -0.1) is 0 Å². The zero-order chi connectivity index (χ0) is 26.4. The van der Waals surface area contributed by atoms with Crippen LogP contribution in [0.25, 0.3) is 22.0 Å². The van der Waals surface area contributed by atoms with Gasteiger partial charge in [0.25, 0.3) is 5.91 Å². The van der Waals surface area contributed by atoms with Gasteiger partial charge in [-0.2, -0.15) is 0 Å². The molecule has 37 heavy (non-hydrogen) atoms. The molecule has 0 bridgehead atoms. The molecule has 6 nitrogen and oxygen atoms in total. The van der Waals surface area contributed by atoms with Crippen molar-refractivity contribution in [3.8, 4) is 11.1 Å². The molecule has 2 aliphatic rings. The number of nitrogens with zero attached hydrogens (tertiary/aromatic N) is 3. The molecule has 194 valence electrons. The van der Waals surface area contributed by atoms with E-state index >= 15 is 4.39 Å². The predicted molar refractivity (Wildman–Crippen MR) is 142 cm³/mol. The van der Waals surface area contributed by atoms with Crippen molar-refractivity contribution in [1.29, 1.82) is 0 Å². The molecular formula is C29H31ClFN3O3. The highest BCUT2D eigenvalue weighted by atomic mass is 35.5. The van der Waals surface area contributed by atoms with Crippen LogP contribution in [0.1, 0.15) is 50.4 Å². The van der Waals surface area contributed by atoms with Gasteiger partial charge in [0, 0.05) is 48.9 Å². The summed E-state index contributed by atoms with van der Waals surface area (Å²) in [6.07, 6.45) is 3.87. The minimum Gasteiger partial charge on any atom is -0.444 e. The first-order valence-corrected chi connectivity index (χ1v) is 13.0. The molecule has 3 aromatic rings.